The molecule has 1 aromatic carbocycles. The molecule has 0 aromatic heterocycles. The van der Waals surface area contributed by atoms with Crippen molar-refractivity contribution >= 4 is 5.97 Å². The smallest absolute Gasteiger partial charge is 0.328 e. The van der Waals surface area contributed by atoms with Crippen molar-refractivity contribution in [2.24, 2.45) is 5.92 Å². The standard InChI is InChI=1S/C18H25NO2/c1-12-6-8-18(9-7-12)17(20)21-16(19-18)11-15-10-13(2)4-5-14(15)3/h4-5,10,12,16,19H,6-9,11H2,1-3H3/t12-,16-,18+/m1/s1. The molecule has 2 aliphatic rings. The third-order valence-corrected chi connectivity index (χ3v) is 5.12. The summed E-state index contributed by atoms with van der Waals surface area (Å²) in [4.78, 5) is 12.3. The second-order valence-corrected chi connectivity index (χ2v) is 6.94. The fraction of sp³-hybridized carbons (Fsp3) is 0.611. The summed E-state index contributed by atoms with van der Waals surface area (Å²) in [6.07, 6.45) is 4.63. The number of nitrogens with one attached hydrogen (secondary N) is 1. The van der Waals surface area contributed by atoms with Gasteiger partial charge in [0.15, 0.2) is 6.23 Å². The molecular weight excluding hydrogens is 262 g/mol. The zero-order valence-electron chi connectivity index (χ0n) is 13.2. The predicted molar refractivity (Wildman–Crippen MR) is 83.0 cm³/mol. The lowest BCUT2D eigenvalue weighted by Crippen LogP contribution is -2.50. The van der Waals surface area contributed by atoms with Gasteiger partial charge in [-0.25, -0.2) is 4.79 Å². The SMILES string of the molecule is Cc1ccc(C)c(C[C@@H]2N[C@]3(CC[C@@H](C)CC3)C(=O)O2)c1. The molecule has 0 bridgehead atoms. The van der Waals surface area contributed by atoms with Gasteiger partial charge in [0.05, 0.1) is 0 Å². The number of rotatable bonds is 2. The number of carbonyl (C=O) groups is 1. The first-order valence-electron chi connectivity index (χ1n) is 8.03. The van der Waals surface area contributed by atoms with Crippen molar-refractivity contribution in [2.45, 2.75) is 64.6 Å². The van der Waals surface area contributed by atoms with Crippen molar-refractivity contribution in [3.63, 3.8) is 0 Å². The highest BCUT2D eigenvalue weighted by Gasteiger charge is 2.49. The van der Waals surface area contributed by atoms with E-state index >= 15 is 0 Å². The van der Waals surface area contributed by atoms with E-state index < -0.39 is 5.54 Å². The molecule has 1 saturated heterocycles. The van der Waals surface area contributed by atoms with Gasteiger partial charge in [-0.3, -0.25) is 5.32 Å². The number of benzene rings is 1. The van der Waals surface area contributed by atoms with Gasteiger partial charge in [-0.2, -0.15) is 0 Å². The summed E-state index contributed by atoms with van der Waals surface area (Å²) in [5, 5.41) is 3.50. The molecule has 3 rings (SSSR count). The number of hydrogen-bond donors (Lipinski definition) is 1. The zero-order chi connectivity index (χ0) is 15.0. The Morgan fingerprint density at radius 2 is 2.00 bits per heavy atom. The minimum absolute atomic E-state index is 0.0373. The first-order chi connectivity index (χ1) is 9.98. The van der Waals surface area contributed by atoms with Crippen molar-refractivity contribution in [1.82, 2.24) is 5.32 Å². The fourth-order valence-electron chi connectivity index (χ4n) is 3.55. The third kappa shape index (κ3) is 2.84. The Hall–Kier alpha value is -1.35. The van der Waals surface area contributed by atoms with Gasteiger partial charge in [-0.15, -0.1) is 0 Å². The Morgan fingerprint density at radius 3 is 2.71 bits per heavy atom. The van der Waals surface area contributed by atoms with Crippen molar-refractivity contribution in [3.8, 4) is 0 Å². The van der Waals surface area contributed by atoms with E-state index in [-0.39, 0.29) is 12.2 Å². The van der Waals surface area contributed by atoms with E-state index in [2.05, 4.69) is 44.3 Å². The molecule has 1 atom stereocenters. The topological polar surface area (TPSA) is 38.3 Å². The van der Waals surface area contributed by atoms with E-state index in [0.29, 0.717) is 0 Å². The minimum Gasteiger partial charge on any atom is -0.445 e. The van der Waals surface area contributed by atoms with Crippen LogP contribution in [0.2, 0.25) is 0 Å². The first kappa shape index (κ1) is 14.6. The molecule has 1 saturated carbocycles. The van der Waals surface area contributed by atoms with Gasteiger partial charge in [0, 0.05) is 6.42 Å². The molecule has 1 N–H and O–H groups in total. The second-order valence-electron chi connectivity index (χ2n) is 6.94. The summed E-state index contributed by atoms with van der Waals surface area (Å²) in [6, 6.07) is 6.45. The average Bonchev–Trinajstić information content (AvgIpc) is 2.74. The van der Waals surface area contributed by atoms with E-state index in [0.717, 1.165) is 38.0 Å². The van der Waals surface area contributed by atoms with Crippen LogP contribution in [-0.4, -0.2) is 17.7 Å². The summed E-state index contributed by atoms with van der Waals surface area (Å²) in [7, 11) is 0. The molecular formula is C18H25NO2. The summed E-state index contributed by atoms with van der Waals surface area (Å²) >= 11 is 0. The van der Waals surface area contributed by atoms with E-state index in [1.165, 1.54) is 16.7 Å². The van der Waals surface area contributed by atoms with Crippen LogP contribution in [0.3, 0.4) is 0 Å². The maximum atomic E-state index is 12.3. The van der Waals surface area contributed by atoms with Crippen LogP contribution in [0.15, 0.2) is 18.2 Å². The lowest BCUT2D eigenvalue weighted by Gasteiger charge is -2.32. The van der Waals surface area contributed by atoms with Gasteiger partial charge in [0.2, 0.25) is 0 Å². The van der Waals surface area contributed by atoms with Crippen LogP contribution in [0.5, 0.6) is 0 Å². The average molecular weight is 287 g/mol. The molecule has 3 nitrogen and oxygen atoms in total. The van der Waals surface area contributed by atoms with Crippen molar-refractivity contribution in [2.75, 3.05) is 0 Å². The maximum absolute atomic E-state index is 12.3. The van der Waals surface area contributed by atoms with Crippen molar-refractivity contribution < 1.29 is 9.53 Å². The van der Waals surface area contributed by atoms with Crippen LogP contribution < -0.4 is 5.32 Å². The Kier molecular flexibility index (Phi) is 3.78. The van der Waals surface area contributed by atoms with Gasteiger partial charge >= 0.3 is 5.97 Å². The molecule has 114 valence electrons. The normalized spacial score (nSPS) is 32.4. The summed E-state index contributed by atoms with van der Waals surface area (Å²) < 4.78 is 5.64. The zero-order valence-corrected chi connectivity index (χ0v) is 13.2. The van der Waals surface area contributed by atoms with Gasteiger partial charge in [0.1, 0.15) is 5.54 Å². The van der Waals surface area contributed by atoms with Gasteiger partial charge in [-0.1, -0.05) is 30.7 Å². The van der Waals surface area contributed by atoms with Crippen LogP contribution in [-0.2, 0) is 16.0 Å². The predicted octanol–water partition coefficient (Wildman–Crippen LogP) is 3.27. The van der Waals surface area contributed by atoms with Gasteiger partial charge in [-0.05, 0) is 56.6 Å². The number of aryl methyl sites for hydroxylation is 2. The lowest BCUT2D eigenvalue weighted by molar-refractivity contribution is -0.146. The maximum Gasteiger partial charge on any atom is 0.328 e. The van der Waals surface area contributed by atoms with Gasteiger partial charge in [0.25, 0.3) is 0 Å². The number of cyclic esters (lactones) is 1. The van der Waals surface area contributed by atoms with Crippen LogP contribution >= 0.6 is 0 Å². The van der Waals surface area contributed by atoms with Crippen LogP contribution in [0.4, 0.5) is 0 Å². The summed E-state index contributed by atoms with van der Waals surface area (Å²) in [6.45, 7) is 6.48. The quantitative estimate of drug-likeness (QED) is 0.848. The number of carbonyl (C=O) groups excluding carboxylic acids is 1. The molecule has 1 aromatic rings. The van der Waals surface area contributed by atoms with Gasteiger partial charge < -0.3 is 4.74 Å². The Bertz CT molecular complexity index is 544. The second kappa shape index (κ2) is 5.45. The molecule has 0 unspecified atom stereocenters. The first-order valence-corrected chi connectivity index (χ1v) is 8.03. The number of esters is 1. The van der Waals surface area contributed by atoms with Crippen molar-refractivity contribution in [3.05, 3.63) is 34.9 Å². The molecule has 1 spiro atoms. The third-order valence-electron chi connectivity index (χ3n) is 5.12. The fourth-order valence-corrected chi connectivity index (χ4v) is 3.55. The highest BCUT2D eigenvalue weighted by atomic mass is 16.6. The molecule has 3 heteroatoms. The Balaban J connectivity index is 1.71. The Morgan fingerprint density at radius 1 is 1.29 bits per heavy atom. The highest BCUT2D eigenvalue weighted by molar-refractivity contribution is 5.83. The molecule has 1 aliphatic carbocycles. The number of hydrogen-bond acceptors (Lipinski definition) is 3. The molecule has 1 heterocycles. The van der Waals surface area contributed by atoms with E-state index in [9.17, 15) is 4.79 Å². The van der Waals surface area contributed by atoms with Crippen LogP contribution in [0.1, 0.15) is 49.3 Å². The molecule has 0 radical (unpaired) electrons. The molecule has 0 amide bonds. The van der Waals surface area contributed by atoms with Crippen LogP contribution in [0.25, 0.3) is 0 Å². The van der Waals surface area contributed by atoms with E-state index in [1.54, 1.807) is 0 Å². The van der Waals surface area contributed by atoms with Crippen LogP contribution in [0, 0.1) is 19.8 Å². The molecule has 1 aliphatic heterocycles. The summed E-state index contributed by atoms with van der Waals surface area (Å²) in [5.41, 5.74) is 3.37. The molecule has 2 fully saturated rings. The lowest BCUT2D eigenvalue weighted by atomic mass is 9.77. The van der Waals surface area contributed by atoms with E-state index in [4.69, 9.17) is 4.74 Å². The minimum atomic E-state index is -0.408. The van der Waals surface area contributed by atoms with E-state index in [1.807, 2.05) is 0 Å². The largest absolute Gasteiger partial charge is 0.445 e. The molecule has 21 heavy (non-hydrogen) atoms. The Labute approximate surface area is 127 Å². The monoisotopic (exact) mass is 287 g/mol. The summed E-state index contributed by atoms with van der Waals surface area (Å²) in [5.74, 6) is 0.688. The van der Waals surface area contributed by atoms with Crippen molar-refractivity contribution in [1.29, 1.82) is 0 Å². The highest BCUT2D eigenvalue weighted by Crippen LogP contribution is 2.36. The number of ether oxygens (including phenoxy) is 1.